The van der Waals surface area contributed by atoms with Crippen molar-refractivity contribution in [3.8, 4) is 0 Å². The zero-order valence-electron chi connectivity index (χ0n) is 20.6. The quantitative estimate of drug-likeness (QED) is 0.555. The summed E-state index contributed by atoms with van der Waals surface area (Å²) < 4.78 is 0. The molecule has 0 unspecified atom stereocenters. The molecule has 35 heavy (non-hydrogen) atoms. The number of benzene rings is 2. The van der Waals surface area contributed by atoms with E-state index in [1.807, 2.05) is 0 Å². The summed E-state index contributed by atoms with van der Waals surface area (Å²) >= 11 is 0. The van der Waals surface area contributed by atoms with Gasteiger partial charge in [-0.1, -0.05) is 18.6 Å². The minimum atomic E-state index is -0.707. The molecular weight excluding hydrogens is 442 g/mol. The number of carbonyl (C=O) groups excluding carboxylic acids is 3. The van der Waals surface area contributed by atoms with Gasteiger partial charge < -0.3 is 20.9 Å². The van der Waals surface area contributed by atoms with Gasteiger partial charge >= 0.3 is 11.8 Å². The molecule has 0 aromatic heterocycles. The zero-order chi connectivity index (χ0) is 24.8. The second-order valence-electron chi connectivity index (χ2n) is 9.45. The number of nitrogens with zero attached hydrogens (tertiary/aromatic N) is 2. The zero-order valence-corrected chi connectivity index (χ0v) is 20.6. The Morgan fingerprint density at radius 3 is 2.23 bits per heavy atom. The fraction of sp³-hybridized carbons (Fsp3) is 0.444. The van der Waals surface area contributed by atoms with E-state index in [0.717, 1.165) is 45.3 Å². The lowest BCUT2D eigenvalue weighted by atomic mass is 9.95. The Hall–Kier alpha value is -3.39. The summed E-state index contributed by atoms with van der Waals surface area (Å²) in [6.45, 7) is 4.86. The van der Waals surface area contributed by atoms with Crippen molar-refractivity contribution < 1.29 is 14.4 Å². The third-order valence-corrected chi connectivity index (χ3v) is 6.80. The topological polar surface area (TPSA) is 93.8 Å². The van der Waals surface area contributed by atoms with Gasteiger partial charge in [-0.2, -0.15) is 0 Å². The largest absolute Gasteiger partial charge is 0.374 e. The maximum absolute atomic E-state index is 12.6. The van der Waals surface area contributed by atoms with E-state index >= 15 is 0 Å². The summed E-state index contributed by atoms with van der Waals surface area (Å²) in [5.74, 6) is -1.53. The van der Waals surface area contributed by atoms with Crippen LogP contribution < -0.4 is 20.9 Å². The SMILES string of the molecule is CC(=O)Nc1ccc(NC(=O)C(=O)NC[C@@H](c2ccc3c(c2)CCCN3C)N2CCCCC2)cc1. The van der Waals surface area contributed by atoms with Crippen molar-refractivity contribution in [2.45, 2.75) is 45.1 Å². The molecule has 2 aromatic carbocycles. The molecule has 4 rings (SSSR count). The summed E-state index contributed by atoms with van der Waals surface area (Å²) in [4.78, 5) is 41.0. The highest BCUT2D eigenvalue weighted by Crippen LogP contribution is 2.31. The summed E-state index contributed by atoms with van der Waals surface area (Å²) in [5.41, 5.74) is 4.94. The molecule has 0 radical (unpaired) electrons. The lowest BCUT2D eigenvalue weighted by molar-refractivity contribution is -0.136. The summed E-state index contributed by atoms with van der Waals surface area (Å²) in [6.07, 6.45) is 5.73. The Labute approximate surface area is 207 Å². The molecule has 0 aliphatic carbocycles. The Morgan fingerprint density at radius 1 is 0.857 bits per heavy atom. The smallest absolute Gasteiger partial charge is 0.313 e. The molecule has 0 spiro atoms. The highest BCUT2D eigenvalue weighted by Gasteiger charge is 2.26. The number of piperidine rings is 1. The third kappa shape index (κ3) is 6.39. The number of carbonyl (C=O) groups is 3. The fourth-order valence-electron chi connectivity index (χ4n) is 5.00. The molecule has 8 nitrogen and oxygen atoms in total. The van der Waals surface area contributed by atoms with Crippen molar-refractivity contribution >= 4 is 34.8 Å². The van der Waals surface area contributed by atoms with Crippen LogP contribution in [0, 0.1) is 0 Å². The lowest BCUT2D eigenvalue weighted by Crippen LogP contribution is -2.43. The van der Waals surface area contributed by atoms with Crippen molar-refractivity contribution in [3.63, 3.8) is 0 Å². The van der Waals surface area contributed by atoms with E-state index in [1.54, 1.807) is 24.3 Å². The Balaban J connectivity index is 1.41. The van der Waals surface area contributed by atoms with Gasteiger partial charge in [-0.3, -0.25) is 19.3 Å². The third-order valence-electron chi connectivity index (χ3n) is 6.80. The predicted molar refractivity (Wildman–Crippen MR) is 139 cm³/mol. The molecule has 8 heteroatoms. The standard InChI is InChI=1S/C27H35N5O3/c1-19(33)29-22-9-11-23(12-10-22)30-27(35)26(34)28-18-25(32-15-4-3-5-16-32)21-8-13-24-20(17-21)7-6-14-31(24)2/h8-13,17,25H,3-7,14-16,18H2,1-2H3,(H,28,34)(H,29,33)(H,30,35)/t25-/m0/s1. The highest BCUT2D eigenvalue weighted by atomic mass is 16.2. The molecule has 2 heterocycles. The van der Waals surface area contributed by atoms with Crippen LogP contribution in [0.3, 0.4) is 0 Å². The van der Waals surface area contributed by atoms with Gasteiger partial charge in [-0.05, 0) is 80.2 Å². The first-order chi connectivity index (χ1) is 16.9. The number of fused-ring (bicyclic) bond motifs is 1. The van der Waals surface area contributed by atoms with E-state index in [-0.39, 0.29) is 11.9 Å². The minimum absolute atomic E-state index is 0.0292. The van der Waals surface area contributed by atoms with Crippen LogP contribution in [0.2, 0.25) is 0 Å². The molecule has 1 fully saturated rings. The molecule has 2 aromatic rings. The van der Waals surface area contributed by atoms with Gasteiger partial charge in [0.15, 0.2) is 0 Å². The van der Waals surface area contributed by atoms with Gasteiger partial charge in [0.1, 0.15) is 0 Å². The number of likely N-dealkylation sites (tertiary alicyclic amines) is 1. The monoisotopic (exact) mass is 477 g/mol. The number of hydrogen-bond donors (Lipinski definition) is 3. The lowest BCUT2D eigenvalue weighted by Gasteiger charge is -2.36. The second-order valence-corrected chi connectivity index (χ2v) is 9.45. The van der Waals surface area contributed by atoms with Crippen molar-refractivity contribution in [1.82, 2.24) is 10.2 Å². The molecule has 186 valence electrons. The molecule has 3 N–H and O–H groups in total. The predicted octanol–water partition coefficient (Wildman–Crippen LogP) is 3.31. The molecule has 0 bridgehead atoms. The van der Waals surface area contributed by atoms with Crippen LogP contribution in [-0.2, 0) is 20.8 Å². The van der Waals surface area contributed by atoms with E-state index in [9.17, 15) is 14.4 Å². The first-order valence-electron chi connectivity index (χ1n) is 12.5. The van der Waals surface area contributed by atoms with E-state index in [0.29, 0.717) is 17.9 Å². The van der Waals surface area contributed by atoms with Crippen molar-refractivity contribution in [2.75, 3.05) is 48.8 Å². The van der Waals surface area contributed by atoms with Crippen LogP contribution in [0.15, 0.2) is 42.5 Å². The summed E-state index contributed by atoms with van der Waals surface area (Å²) in [6, 6.07) is 13.3. The van der Waals surface area contributed by atoms with E-state index in [1.165, 1.54) is 30.2 Å². The maximum atomic E-state index is 12.6. The number of nitrogens with one attached hydrogen (secondary N) is 3. The highest BCUT2D eigenvalue weighted by molar-refractivity contribution is 6.39. The molecule has 2 aliphatic heterocycles. The van der Waals surface area contributed by atoms with Gasteiger partial charge in [0.2, 0.25) is 5.91 Å². The van der Waals surface area contributed by atoms with Crippen LogP contribution in [0.5, 0.6) is 0 Å². The van der Waals surface area contributed by atoms with Gasteiger partial charge in [-0.25, -0.2) is 0 Å². The van der Waals surface area contributed by atoms with Crippen LogP contribution in [0.25, 0.3) is 0 Å². The molecule has 0 saturated carbocycles. The molecular formula is C27H35N5O3. The number of aryl methyl sites for hydroxylation is 1. The molecule has 1 atom stereocenters. The van der Waals surface area contributed by atoms with Crippen LogP contribution in [0.1, 0.15) is 49.8 Å². The second kappa shape index (κ2) is 11.4. The normalized spacial score (nSPS) is 16.7. The van der Waals surface area contributed by atoms with Gasteiger partial charge in [0.05, 0.1) is 6.04 Å². The number of amides is 3. The van der Waals surface area contributed by atoms with Crippen LogP contribution in [-0.4, -0.2) is 55.8 Å². The van der Waals surface area contributed by atoms with Gasteiger partial charge in [0.25, 0.3) is 0 Å². The van der Waals surface area contributed by atoms with E-state index < -0.39 is 11.8 Å². The number of rotatable bonds is 6. The molecule has 2 aliphatic rings. The number of anilines is 3. The average Bonchev–Trinajstić information content (AvgIpc) is 2.85. The van der Waals surface area contributed by atoms with E-state index in [4.69, 9.17) is 0 Å². The van der Waals surface area contributed by atoms with Crippen LogP contribution >= 0.6 is 0 Å². The van der Waals surface area contributed by atoms with E-state index in [2.05, 4.69) is 51.0 Å². The summed E-state index contributed by atoms with van der Waals surface area (Å²) in [5, 5.41) is 8.16. The Kier molecular flexibility index (Phi) is 8.02. The molecule has 1 saturated heterocycles. The first kappa shape index (κ1) is 24.7. The number of hydrogen-bond acceptors (Lipinski definition) is 5. The van der Waals surface area contributed by atoms with Crippen molar-refractivity contribution in [2.24, 2.45) is 0 Å². The maximum Gasteiger partial charge on any atom is 0.313 e. The van der Waals surface area contributed by atoms with Gasteiger partial charge in [0, 0.05) is 44.1 Å². The van der Waals surface area contributed by atoms with Crippen molar-refractivity contribution in [1.29, 1.82) is 0 Å². The van der Waals surface area contributed by atoms with Gasteiger partial charge in [-0.15, -0.1) is 0 Å². The Morgan fingerprint density at radius 2 is 1.54 bits per heavy atom. The average molecular weight is 478 g/mol. The first-order valence-corrected chi connectivity index (χ1v) is 12.5. The fourth-order valence-corrected chi connectivity index (χ4v) is 5.00. The Bertz CT molecular complexity index is 1060. The minimum Gasteiger partial charge on any atom is -0.374 e. The van der Waals surface area contributed by atoms with Crippen LogP contribution in [0.4, 0.5) is 17.1 Å². The molecule has 3 amide bonds. The van der Waals surface area contributed by atoms with Crippen molar-refractivity contribution in [3.05, 3.63) is 53.6 Å². The summed E-state index contributed by atoms with van der Waals surface area (Å²) in [7, 11) is 2.13.